The van der Waals surface area contributed by atoms with Crippen LogP contribution in [0.2, 0.25) is 0 Å². The van der Waals surface area contributed by atoms with Gasteiger partial charge in [-0.3, -0.25) is 4.79 Å². The molecule has 37 heavy (non-hydrogen) atoms. The molecule has 2 saturated heterocycles. The largest absolute Gasteiger partial charge is 0.369 e. The molecule has 3 aromatic heterocycles. The zero-order chi connectivity index (χ0) is 25.4. The molecule has 1 amide bonds. The molecular formula is C27H30FN7OS. The summed E-state index contributed by atoms with van der Waals surface area (Å²) in [6, 6.07) is 5.77. The summed E-state index contributed by atoms with van der Waals surface area (Å²) in [6.07, 6.45) is 6.33. The minimum atomic E-state index is -0.500. The number of fused-ring (bicyclic) bond motifs is 2. The van der Waals surface area contributed by atoms with Crippen molar-refractivity contribution in [2.75, 3.05) is 56.5 Å². The van der Waals surface area contributed by atoms with Crippen molar-refractivity contribution in [3.05, 3.63) is 46.9 Å². The predicted octanol–water partition coefficient (Wildman–Crippen LogP) is 4.13. The highest BCUT2D eigenvalue weighted by Gasteiger charge is 2.51. The lowest BCUT2D eigenvalue weighted by atomic mass is 9.65. The lowest BCUT2D eigenvalue weighted by molar-refractivity contribution is -0.0178. The summed E-state index contributed by atoms with van der Waals surface area (Å²) in [4.78, 5) is 34.4. The van der Waals surface area contributed by atoms with E-state index in [9.17, 15) is 9.18 Å². The Morgan fingerprint density at radius 3 is 2.59 bits per heavy atom. The maximum Gasteiger partial charge on any atom is 0.254 e. The topological polar surface area (TPSA) is 77.5 Å². The summed E-state index contributed by atoms with van der Waals surface area (Å²) in [5.41, 5.74) is 2.49. The zero-order valence-corrected chi connectivity index (χ0v) is 21.9. The average molecular weight is 520 g/mol. The molecular weight excluding hydrogens is 489 g/mol. The number of anilines is 3. The lowest BCUT2D eigenvalue weighted by Gasteiger charge is -2.61. The Kier molecular flexibility index (Phi) is 5.10. The number of hydrogen-bond acceptors (Lipinski definition) is 8. The van der Waals surface area contributed by atoms with Crippen LogP contribution in [-0.2, 0) is 5.41 Å². The normalized spacial score (nSPS) is 21.4. The summed E-state index contributed by atoms with van der Waals surface area (Å²) >= 11 is 1.50. The van der Waals surface area contributed by atoms with Crippen LogP contribution in [0.25, 0.3) is 10.6 Å². The number of amides is 1. The second-order valence-corrected chi connectivity index (χ2v) is 12.3. The molecule has 0 unspecified atom stereocenters. The number of likely N-dealkylation sites (tertiary alicyclic amines) is 1. The first-order valence-electron chi connectivity index (χ1n) is 13.0. The van der Waals surface area contributed by atoms with Gasteiger partial charge in [0, 0.05) is 55.5 Å². The van der Waals surface area contributed by atoms with E-state index in [-0.39, 0.29) is 23.0 Å². The van der Waals surface area contributed by atoms with Gasteiger partial charge in [-0.05, 0) is 37.6 Å². The third kappa shape index (κ3) is 3.64. The summed E-state index contributed by atoms with van der Waals surface area (Å²) in [6.45, 7) is 8.61. The minimum Gasteiger partial charge on any atom is -0.369 e. The summed E-state index contributed by atoms with van der Waals surface area (Å²) in [5, 5.41) is 3.12. The predicted molar refractivity (Wildman–Crippen MR) is 142 cm³/mol. The van der Waals surface area contributed by atoms with Crippen molar-refractivity contribution in [1.29, 1.82) is 0 Å². The van der Waals surface area contributed by atoms with E-state index in [0.717, 1.165) is 56.0 Å². The molecule has 6 heterocycles. The number of nitrogens with one attached hydrogen (secondary N) is 1. The van der Waals surface area contributed by atoms with Crippen molar-refractivity contribution < 1.29 is 9.18 Å². The van der Waals surface area contributed by atoms with E-state index in [1.165, 1.54) is 30.6 Å². The standard InChI is InChI=1S/C27H30FN7OS/c1-3-34-12-26(13-34)14-35(15-26)17-5-6-21(29-10-17)31-25-30-11-19(28)22(32-25)20-9-18-23(37-20)27(7-4-8-27)16-33(2)24(18)36/h5-6,9-11H,3-4,7-8,12-16H2,1-2H3,(H,29,30,31,32). The van der Waals surface area contributed by atoms with Crippen LogP contribution in [0.15, 0.2) is 30.6 Å². The number of likely N-dealkylation sites (N-methyl/N-ethyl adjacent to an activating group) is 1. The first-order valence-corrected chi connectivity index (χ1v) is 13.8. The van der Waals surface area contributed by atoms with E-state index in [1.54, 1.807) is 4.90 Å². The highest BCUT2D eigenvalue weighted by Crippen LogP contribution is 2.52. The molecule has 0 aromatic carbocycles. The molecule has 3 fully saturated rings. The fraction of sp³-hybridized carbons (Fsp3) is 0.481. The number of thiophene rings is 1. The quantitative estimate of drug-likeness (QED) is 0.543. The molecule has 1 aliphatic carbocycles. The van der Waals surface area contributed by atoms with Gasteiger partial charge in [-0.1, -0.05) is 13.3 Å². The van der Waals surface area contributed by atoms with E-state index < -0.39 is 5.82 Å². The molecule has 1 N–H and O–H groups in total. The molecule has 3 aromatic rings. The second kappa shape index (κ2) is 8.19. The van der Waals surface area contributed by atoms with Crippen LogP contribution >= 0.6 is 11.3 Å². The molecule has 0 atom stereocenters. The Morgan fingerprint density at radius 2 is 1.92 bits per heavy atom. The molecule has 1 saturated carbocycles. The maximum atomic E-state index is 14.9. The Morgan fingerprint density at radius 1 is 1.11 bits per heavy atom. The highest BCUT2D eigenvalue weighted by molar-refractivity contribution is 7.16. The van der Waals surface area contributed by atoms with Crippen LogP contribution in [0.3, 0.4) is 0 Å². The second-order valence-electron chi connectivity index (χ2n) is 11.2. The zero-order valence-electron chi connectivity index (χ0n) is 21.1. The third-order valence-electron chi connectivity index (χ3n) is 8.59. The van der Waals surface area contributed by atoms with Gasteiger partial charge in [-0.15, -0.1) is 11.3 Å². The van der Waals surface area contributed by atoms with Crippen molar-refractivity contribution >= 4 is 34.7 Å². The van der Waals surface area contributed by atoms with Gasteiger partial charge in [0.2, 0.25) is 5.95 Å². The van der Waals surface area contributed by atoms with Crippen LogP contribution in [0, 0.1) is 11.2 Å². The van der Waals surface area contributed by atoms with Crippen molar-refractivity contribution in [2.24, 2.45) is 5.41 Å². The molecule has 0 bridgehead atoms. The smallest absolute Gasteiger partial charge is 0.254 e. The number of aromatic nitrogens is 3. The highest BCUT2D eigenvalue weighted by atomic mass is 32.1. The first kappa shape index (κ1) is 23.0. The number of carbonyl (C=O) groups is 1. The van der Waals surface area contributed by atoms with Gasteiger partial charge < -0.3 is 20.0 Å². The van der Waals surface area contributed by atoms with Gasteiger partial charge >= 0.3 is 0 Å². The van der Waals surface area contributed by atoms with E-state index in [4.69, 9.17) is 0 Å². The lowest BCUT2D eigenvalue weighted by Crippen LogP contribution is -2.72. The molecule has 8 nitrogen and oxygen atoms in total. The van der Waals surface area contributed by atoms with Crippen LogP contribution in [0.5, 0.6) is 0 Å². The summed E-state index contributed by atoms with van der Waals surface area (Å²) < 4.78 is 14.9. The monoisotopic (exact) mass is 519 g/mol. The number of rotatable bonds is 5. The third-order valence-corrected chi connectivity index (χ3v) is 9.98. The van der Waals surface area contributed by atoms with Gasteiger partial charge in [-0.2, -0.15) is 0 Å². The van der Waals surface area contributed by atoms with Gasteiger partial charge in [0.1, 0.15) is 11.5 Å². The van der Waals surface area contributed by atoms with Gasteiger partial charge in [0.25, 0.3) is 5.91 Å². The van der Waals surface area contributed by atoms with Crippen LogP contribution in [0.1, 0.15) is 41.4 Å². The van der Waals surface area contributed by atoms with Crippen LogP contribution in [-0.4, -0.2) is 77.0 Å². The van der Waals surface area contributed by atoms with E-state index in [0.29, 0.717) is 21.7 Å². The molecule has 7 rings (SSSR count). The van der Waals surface area contributed by atoms with E-state index in [1.807, 2.05) is 25.4 Å². The fourth-order valence-electron chi connectivity index (χ4n) is 6.49. The Labute approximate surface area is 219 Å². The summed E-state index contributed by atoms with van der Waals surface area (Å²) in [5.74, 6) is 0.385. The molecule has 3 aliphatic heterocycles. The van der Waals surface area contributed by atoms with Gasteiger partial charge in [0.15, 0.2) is 5.82 Å². The Balaban J connectivity index is 1.09. The SMILES string of the molecule is CCN1CC2(C1)CN(c1ccc(Nc3ncc(F)c(-c4cc5c(s4)C4(CCC4)CN(C)C5=O)n3)nc1)C2. The van der Waals surface area contributed by atoms with E-state index in [2.05, 4.69) is 43.1 Å². The van der Waals surface area contributed by atoms with Crippen molar-refractivity contribution in [3.8, 4) is 10.6 Å². The average Bonchev–Trinajstić information content (AvgIpc) is 3.27. The number of hydrogen-bond donors (Lipinski definition) is 1. The number of pyridine rings is 1. The molecule has 4 aliphatic rings. The first-order chi connectivity index (χ1) is 17.9. The van der Waals surface area contributed by atoms with Crippen LogP contribution < -0.4 is 10.2 Å². The molecule has 192 valence electrons. The van der Waals surface area contributed by atoms with Crippen molar-refractivity contribution in [3.63, 3.8) is 0 Å². The minimum absolute atomic E-state index is 0.000230. The van der Waals surface area contributed by atoms with Gasteiger partial charge in [-0.25, -0.2) is 19.3 Å². The Bertz CT molecular complexity index is 1370. The maximum absolute atomic E-state index is 14.9. The van der Waals surface area contributed by atoms with Crippen molar-refractivity contribution in [1.82, 2.24) is 24.8 Å². The number of nitrogens with zero attached hydrogens (tertiary/aromatic N) is 6. The fourth-order valence-corrected chi connectivity index (χ4v) is 7.86. The van der Waals surface area contributed by atoms with Crippen LogP contribution in [0.4, 0.5) is 21.8 Å². The molecule has 2 spiro atoms. The van der Waals surface area contributed by atoms with E-state index >= 15 is 0 Å². The Hall–Kier alpha value is -3.11. The number of halogens is 1. The summed E-state index contributed by atoms with van der Waals surface area (Å²) in [7, 11) is 1.85. The molecule has 0 radical (unpaired) electrons. The number of carbonyl (C=O) groups excluding carboxylic acids is 1. The van der Waals surface area contributed by atoms with Crippen molar-refractivity contribution in [2.45, 2.75) is 31.6 Å². The van der Waals surface area contributed by atoms with Gasteiger partial charge in [0.05, 0.1) is 28.5 Å². The molecule has 10 heteroatoms.